The number of rotatable bonds is 6. The summed E-state index contributed by atoms with van der Waals surface area (Å²) in [4.78, 5) is 2.11. The fourth-order valence-corrected chi connectivity index (χ4v) is 3.40. The first-order valence-corrected chi connectivity index (χ1v) is 9.45. The van der Waals surface area contributed by atoms with Crippen LogP contribution in [0.5, 0.6) is 11.5 Å². The topological polar surface area (TPSA) is 36.5 Å². The van der Waals surface area contributed by atoms with Gasteiger partial charge in [0.2, 0.25) is 0 Å². The Balaban J connectivity index is 1.70. The van der Waals surface area contributed by atoms with Gasteiger partial charge in [-0.2, -0.15) is 13.2 Å². The molecule has 2 aromatic rings. The number of likely N-dealkylation sites (N-methyl/N-ethyl adjacent to an activating group) is 1. The van der Waals surface area contributed by atoms with Crippen LogP contribution in [0.1, 0.15) is 23.3 Å². The Hall–Kier alpha value is -1.90. The summed E-state index contributed by atoms with van der Waals surface area (Å²) in [6.45, 7) is 3.93. The molecule has 0 saturated carbocycles. The quantitative estimate of drug-likeness (QED) is 0.429. The van der Waals surface area contributed by atoms with E-state index >= 15 is 0 Å². The second-order valence-corrected chi connectivity index (χ2v) is 7.88. The number of alkyl halides is 3. The molecule has 2 aromatic carbocycles. The third kappa shape index (κ3) is 4.88. The van der Waals surface area contributed by atoms with E-state index in [0.29, 0.717) is 11.4 Å². The van der Waals surface area contributed by atoms with Crippen LogP contribution in [0.15, 0.2) is 36.4 Å². The zero-order valence-electron chi connectivity index (χ0n) is 15.4. The average molecular weight is 397 g/mol. The van der Waals surface area contributed by atoms with Gasteiger partial charge in [-0.25, -0.2) is 0 Å². The maximum atomic E-state index is 12.9. The van der Waals surface area contributed by atoms with Crippen molar-refractivity contribution in [1.82, 2.24) is 9.62 Å². The summed E-state index contributed by atoms with van der Waals surface area (Å²) in [5.41, 5.74) is 1.65. The highest BCUT2D eigenvalue weighted by Gasteiger charge is 2.32. The maximum absolute atomic E-state index is 12.9. The van der Waals surface area contributed by atoms with Crippen molar-refractivity contribution in [3.63, 3.8) is 0 Å². The minimum Gasteiger partial charge on any atom is -0.453 e. The number of fused-ring (bicyclic) bond motifs is 2. The molecule has 2 N–H and O–H groups in total. The normalized spacial score (nSPS) is 14.2. The van der Waals surface area contributed by atoms with Gasteiger partial charge in [0.25, 0.3) is 0 Å². The van der Waals surface area contributed by atoms with Gasteiger partial charge in [0.05, 0.1) is 16.9 Å². The van der Waals surface area contributed by atoms with E-state index in [1.54, 1.807) is 18.0 Å². The Labute approximate surface area is 161 Å². The molecule has 0 amide bonds. The Kier molecular flexibility index (Phi) is 5.88. The molecule has 27 heavy (non-hydrogen) atoms. The standard InChI is InChI=1S/C19H22F3N3OS/c1-12(27-23-8-9-25(2)3)13-4-7-17-16(10-13)24-15-6-5-14(19(20,21)22)11-18(15)26-17/h4-7,10-12,23-24H,8-9H2,1-3H3. The Bertz CT molecular complexity index is 811. The summed E-state index contributed by atoms with van der Waals surface area (Å²) < 4.78 is 47.7. The van der Waals surface area contributed by atoms with Crippen LogP contribution in [0.25, 0.3) is 0 Å². The summed E-state index contributed by atoms with van der Waals surface area (Å²) in [5.74, 6) is 0.696. The average Bonchev–Trinajstić information content (AvgIpc) is 2.61. The monoisotopic (exact) mass is 397 g/mol. The van der Waals surface area contributed by atoms with Crippen molar-refractivity contribution in [2.45, 2.75) is 18.3 Å². The van der Waals surface area contributed by atoms with Crippen LogP contribution in [0.2, 0.25) is 0 Å². The summed E-state index contributed by atoms with van der Waals surface area (Å²) in [7, 11) is 4.06. The highest BCUT2D eigenvalue weighted by Crippen LogP contribution is 2.45. The lowest BCUT2D eigenvalue weighted by molar-refractivity contribution is -0.137. The highest BCUT2D eigenvalue weighted by atomic mass is 32.2. The lowest BCUT2D eigenvalue weighted by atomic mass is 10.1. The van der Waals surface area contributed by atoms with Gasteiger partial charge in [-0.3, -0.25) is 4.72 Å². The lowest BCUT2D eigenvalue weighted by Crippen LogP contribution is -2.23. The molecule has 0 spiro atoms. The number of benzene rings is 2. The largest absolute Gasteiger partial charge is 0.453 e. The van der Waals surface area contributed by atoms with Gasteiger partial charge >= 0.3 is 6.18 Å². The Morgan fingerprint density at radius 1 is 1.11 bits per heavy atom. The van der Waals surface area contributed by atoms with Gasteiger partial charge in [-0.1, -0.05) is 18.0 Å². The first kappa shape index (κ1) is 19.9. The SMILES string of the molecule is CC(SNCCN(C)C)c1ccc2c(c1)Nc1ccc(C(F)(F)F)cc1O2. The number of nitrogens with zero attached hydrogens (tertiary/aromatic N) is 1. The minimum absolute atomic E-state index is 0.179. The lowest BCUT2D eigenvalue weighted by Gasteiger charge is -2.24. The molecule has 1 atom stereocenters. The van der Waals surface area contributed by atoms with Crippen molar-refractivity contribution < 1.29 is 17.9 Å². The molecule has 1 heterocycles. The maximum Gasteiger partial charge on any atom is 0.416 e. The minimum atomic E-state index is -4.39. The van der Waals surface area contributed by atoms with Gasteiger partial charge in [0, 0.05) is 18.3 Å². The summed E-state index contributed by atoms with van der Waals surface area (Å²) in [6.07, 6.45) is -4.39. The molecule has 1 aliphatic rings. The van der Waals surface area contributed by atoms with Gasteiger partial charge < -0.3 is 15.0 Å². The molecule has 0 fully saturated rings. The zero-order chi connectivity index (χ0) is 19.6. The second kappa shape index (κ2) is 8.00. The van der Waals surface area contributed by atoms with E-state index in [4.69, 9.17) is 4.74 Å². The number of halogens is 3. The van der Waals surface area contributed by atoms with Gasteiger partial charge in [0.1, 0.15) is 0 Å². The first-order valence-electron chi connectivity index (χ1n) is 8.57. The second-order valence-electron chi connectivity index (χ2n) is 6.65. The molecule has 0 radical (unpaired) electrons. The number of ether oxygens (including phenoxy) is 1. The predicted octanol–water partition coefficient (Wildman–Crippen LogP) is 5.42. The molecule has 8 heteroatoms. The van der Waals surface area contributed by atoms with E-state index < -0.39 is 11.7 Å². The van der Waals surface area contributed by atoms with E-state index in [9.17, 15) is 13.2 Å². The van der Waals surface area contributed by atoms with Crippen LogP contribution >= 0.6 is 11.9 Å². The number of hydrogen-bond acceptors (Lipinski definition) is 5. The van der Waals surface area contributed by atoms with E-state index in [1.807, 2.05) is 26.2 Å². The summed E-state index contributed by atoms with van der Waals surface area (Å²) in [6, 6.07) is 9.17. The zero-order valence-corrected chi connectivity index (χ0v) is 16.2. The fraction of sp³-hybridized carbons (Fsp3) is 0.368. The van der Waals surface area contributed by atoms with E-state index in [2.05, 4.69) is 21.9 Å². The van der Waals surface area contributed by atoms with Crippen molar-refractivity contribution in [3.8, 4) is 11.5 Å². The molecule has 4 nitrogen and oxygen atoms in total. The van der Waals surface area contributed by atoms with Gasteiger partial charge in [0.15, 0.2) is 11.5 Å². The van der Waals surface area contributed by atoms with Crippen LogP contribution in [-0.4, -0.2) is 32.1 Å². The third-order valence-electron chi connectivity index (χ3n) is 4.19. The van der Waals surface area contributed by atoms with E-state index in [-0.39, 0.29) is 11.0 Å². The van der Waals surface area contributed by atoms with E-state index in [0.717, 1.165) is 36.5 Å². The molecule has 0 aliphatic carbocycles. The van der Waals surface area contributed by atoms with Crippen molar-refractivity contribution in [3.05, 3.63) is 47.5 Å². The fourth-order valence-electron chi connectivity index (χ4n) is 2.66. The predicted molar refractivity (Wildman–Crippen MR) is 104 cm³/mol. The van der Waals surface area contributed by atoms with E-state index in [1.165, 1.54) is 6.07 Å². The molecule has 0 bridgehead atoms. The van der Waals surface area contributed by atoms with Crippen LogP contribution in [0.4, 0.5) is 24.5 Å². The van der Waals surface area contributed by atoms with Crippen molar-refractivity contribution in [1.29, 1.82) is 0 Å². The molecule has 1 unspecified atom stereocenters. The summed E-state index contributed by atoms with van der Waals surface area (Å²) in [5, 5.41) is 3.38. The van der Waals surface area contributed by atoms with Crippen LogP contribution in [0.3, 0.4) is 0 Å². The van der Waals surface area contributed by atoms with Crippen LogP contribution < -0.4 is 14.8 Å². The molecule has 146 valence electrons. The van der Waals surface area contributed by atoms with Crippen molar-refractivity contribution in [2.24, 2.45) is 0 Å². The van der Waals surface area contributed by atoms with Crippen LogP contribution in [0, 0.1) is 0 Å². The Morgan fingerprint density at radius 2 is 1.89 bits per heavy atom. The molecular weight excluding hydrogens is 375 g/mol. The molecular formula is C19H22F3N3OS. The Morgan fingerprint density at radius 3 is 2.59 bits per heavy atom. The van der Waals surface area contributed by atoms with Crippen LogP contribution in [-0.2, 0) is 6.18 Å². The number of hydrogen-bond donors (Lipinski definition) is 2. The molecule has 1 aliphatic heterocycles. The highest BCUT2D eigenvalue weighted by molar-refractivity contribution is 7.97. The van der Waals surface area contributed by atoms with Gasteiger partial charge in [-0.05, 0) is 56.9 Å². The third-order valence-corrected chi connectivity index (χ3v) is 5.19. The molecule has 0 saturated heterocycles. The smallest absolute Gasteiger partial charge is 0.416 e. The number of nitrogens with one attached hydrogen (secondary N) is 2. The van der Waals surface area contributed by atoms with Crippen molar-refractivity contribution in [2.75, 3.05) is 32.5 Å². The molecule has 0 aromatic heterocycles. The first-order chi connectivity index (χ1) is 12.7. The van der Waals surface area contributed by atoms with Crippen molar-refractivity contribution >= 4 is 23.3 Å². The summed E-state index contributed by atoms with van der Waals surface area (Å²) >= 11 is 1.64. The number of anilines is 2. The molecule has 3 rings (SSSR count). The van der Waals surface area contributed by atoms with Gasteiger partial charge in [-0.15, -0.1) is 0 Å².